The first-order chi connectivity index (χ1) is 9.93. The molecule has 0 radical (unpaired) electrons. The molecule has 0 atom stereocenters. The maximum absolute atomic E-state index is 11.6. The van der Waals surface area contributed by atoms with Crippen LogP contribution in [0.25, 0.3) is 0 Å². The Balaban J connectivity index is 2.62. The van der Waals surface area contributed by atoms with Gasteiger partial charge in [0, 0.05) is 24.4 Å². The van der Waals surface area contributed by atoms with Gasteiger partial charge in [-0.25, -0.2) is 0 Å². The second kappa shape index (κ2) is 8.51. The first-order valence-corrected chi connectivity index (χ1v) is 8.82. The molecule has 1 heterocycles. The summed E-state index contributed by atoms with van der Waals surface area (Å²) in [6.45, 7) is 9.83. The largest absolute Gasteiger partial charge is 0.469 e. The molecular weight excluding hydrogens is 286 g/mol. The number of rotatable bonds is 5. The summed E-state index contributed by atoms with van der Waals surface area (Å²) >= 11 is 1.83. The van der Waals surface area contributed by atoms with Crippen molar-refractivity contribution in [2.24, 2.45) is 10.9 Å². The van der Waals surface area contributed by atoms with E-state index in [-0.39, 0.29) is 16.6 Å². The zero-order chi connectivity index (χ0) is 15.9. The number of hydrogen-bond acceptors (Lipinski definition) is 4. The minimum atomic E-state index is -0.0832. The number of methoxy groups -OCH3 is 1. The lowest BCUT2D eigenvalue weighted by Crippen LogP contribution is -2.47. The van der Waals surface area contributed by atoms with Crippen molar-refractivity contribution in [3.05, 3.63) is 0 Å². The molecule has 0 unspecified atom stereocenters. The van der Waals surface area contributed by atoms with Crippen molar-refractivity contribution >= 4 is 23.7 Å². The molecule has 0 aliphatic carbocycles. The Labute approximate surface area is 132 Å². The van der Waals surface area contributed by atoms with E-state index in [9.17, 15) is 4.79 Å². The lowest BCUT2D eigenvalue weighted by Gasteiger charge is -2.33. The summed E-state index contributed by atoms with van der Waals surface area (Å²) in [7, 11) is 1.46. The molecule has 0 aromatic heterocycles. The molecule has 1 rings (SSSR count). The number of guanidine groups is 1. The maximum Gasteiger partial charge on any atom is 0.308 e. The Morgan fingerprint density at radius 1 is 1.43 bits per heavy atom. The number of ether oxygens (including phenoxy) is 1. The van der Waals surface area contributed by atoms with Crippen molar-refractivity contribution in [2.45, 2.75) is 38.4 Å². The number of likely N-dealkylation sites (tertiary alicyclic amines) is 1. The number of nitrogens with zero attached hydrogens (tertiary/aromatic N) is 2. The van der Waals surface area contributed by atoms with Crippen molar-refractivity contribution in [2.75, 3.05) is 39.5 Å². The van der Waals surface area contributed by atoms with Crippen LogP contribution in [-0.2, 0) is 9.53 Å². The molecule has 1 saturated heterocycles. The highest BCUT2D eigenvalue weighted by molar-refractivity contribution is 7.99. The normalized spacial score (nSPS) is 17.8. The lowest BCUT2D eigenvalue weighted by molar-refractivity contribution is -0.146. The minimum Gasteiger partial charge on any atom is -0.469 e. The van der Waals surface area contributed by atoms with E-state index in [4.69, 9.17) is 9.73 Å². The van der Waals surface area contributed by atoms with Crippen LogP contribution >= 0.6 is 11.8 Å². The Kier molecular flexibility index (Phi) is 7.35. The number of thioether (sulfide) groups is 1. The van der Waals surface area contributed by atoms with E-state index in [1.54, 1.807) is 0 Å². The molecule has 21 heavy (non-hydrogen) atoms. The third kappa shape index (κ3) is 5.77. The van der Waals surface area contributed by atoms with Crippen LogP contribution in [0.1, 0.15) is 33.6 Å². The van der Waals surface area contributed by atoms with Gasteiger partial charge in [0.15, 0.2) is 5.96 Å². The average Bonchev–Trinajstić information content (AvgIpc) is 2.51. The monoisotopic (exact) mass is 315 g/mol. The predicted octanol–water partition coefficient (Wildman–Crippen LogP) is 1.98. The van der Waals surface area contributed by atoms with Crippen LogP contribution < -0.4 is 5.32 Å². The number of carbonyl (C=O) groups is 1. The van der Waals surface area contributed by atoms with Crippen LogP contribution in [0.15, 0.2) is 4.99 Å². The van der Waals surface area contributed by atoms with Crippen molar-refractivity contribution < 1.29 is 9.53 Å². The van der Waals surface area contributed by atoms with Gasteiger partial charge in [0.1, 0.15) is 0 Å². The Hall–Kier alpha value is -0.910. The highest BCUT2D eigenvalue weighted by Crippen LogP contribution is 2.22. The van der Waals surface area contributed by atoms with E-state index < -0.39 is 0 Å². The standard InChI is InChI=1S/C15H29N3O2S/c1-6-16-14(17-11-15(2,3)21-5)18-9-7-12(8-10-18)13(19)20-4/h12H,6-11H2,1-5H3,(H,16,17). The van der Waals surface area contributed by atoms with Crippen LogP contribution in [0.2, 0.25) is 0 Å². The molecular formula is C15H29N3O2S. The molecule has 1 N–H and O–H groups in total. The summed E-state index contributed by atoms with van der Waals surface area (Å²) in [6.07, 6.45) is 3.79. The van der Waals surface area contributed by atoms with E-state index in [1.165, 1.54) is 7.11 Å². The summed E-state index contributed by atoms with van der Waals surface area (Å²) in [5.41, 5.74) is 0. The molecule has 0 amide bonds. The number of esters is 1. The molecule has 5 nitrogen and oxygen atoms in total. The van der Waals surface area contributed by atoms with Gasteiger partial charge in [-0.1, -0.05) is 0 Å². The fourth-order valence-electron chi connectivity index (χ4n) is 2.25. The second-order valence-corrected chi connectivity index (χ2v) is 7.43. The molecule has 1 aliphatic rings. The molecule has 1 aliphatic heterocycles. The number of nitrogens with one attached hydrogen (secondary N) is 1. The van der Waals surface area contributed by atoms with Gasteiger partial charge < -0.3 is 15.0 Å². The predicted molar refractivity (Wildman–Crippen MR) is 89.9 cm³/mol. The first kappa shape index (κ1) is 18.1. The van der Waals surface area contributed by atoms with Gasteiger partial charge >= 0.3 is 5.97 Å². The van der Waals surface area contributed by atoms with E-state index in [1.807, 2.05) is 11.8 Å². The molecule has 0 spiro atoms. The summed E-state index contributed by atoms with van der Waals surface area (Å²) in [6, 6.07) is 0. The molecule has 122 valence electrons. The highest BCUT2D eigenvalue weighted by atomic mass is 32.2. The van der Waals surface area contributed by atoms with Gasteiger partial charge in [0.25, 0.3) is 0 Å². The Morgan fingerprint density at radius 2 is 2.05 bits per heavy atom. The zero-order valence-electron chi connectivity index (χ0n) is 13.9. The van der Waals surface area contributed by atoms with Gasteiger partial charge in [0.05, 0.1) is 19.6 Å². The Morgan fingerprint density at radius 3 is 2.52 bits per heavy atom. The van der Waals surface area contributed by atoms with Gasteiger partial charge in [-0.15, -0.1) is 0 Å². The lowest BCUT2D eigenvalue weighted by atomic mass is 9.97. The number of carbonyl (C=O) groups excluding carboxylic acids is 1. The summed E-state index contributed by atoms with van der Waals surface area (Å²) in [5.74, 6) is 0.916. The average molecular weight is 315 g/mol. The highest BCUT2D eigenvalue weighted by Gasteiger charge is 2.27. The van der Waals surface area contributed by atoms with Gasteiger partial charge in [-0.3, -0.25) is 9.79 Å². The molecule has 0 aromatic rings. The molecule has 0 saturated carbocycles. The van der Waals surface area contributed by atoms with Crippen molar-refractivity contribution in [1.29, 1.82) is 0 Å². The van der Waals surface area contributed by atoms with Crippen molar-refractivity contribution in [1.82, 2.24) is 10.2 Å². The SMILES string of the molecule is CCNC(=NCC(C)(C)SC)N1CCC(C(=O)OC)CC1. The van der Waals surface area contributed by atoms with E-state index in [2.05, 4.69) is 37.2 Å². The van der Waals surface area contributed by atoms with E-state index in [0.717, 1.165) is 45.0 Å². The molecule has 0 bridgehead atoms. The summed E-state index contributed by atoms with van der Waals surface area (Å²) in [4.78, 5) is 18.6. The second-order valence-electron chi connectivity index (χ2n) is 5.92. The van der Waals surface area contributed by atoms with Gasteiger partial charge in [-0.2, -0.15) is 11.8 Å². The summed E-state index contributed by atoms with van der Waals surface area (Å²) in [5, 5.41) is 3.36. The fraction of sp³-hybridized carbons (Fsp3) is 0.867. The minimum absolute atomic E-state index is 0.0387. The van der Waals surface area contributed by atoms with E-state index >= 15 is 0 Å². The smallest absolute Gasteiger partial charge is 0.308 e. The number of piperidine rings is 1. The van der Waals surface area contributed by atoms with Crippen LogP contribution in [0.5, 0.6) is 0 Å². The van der Waals surface area contributed by atoms with Crippen LogP contribution in [0.3, 0.4) is 0 Å². The Bertz CT molecular complexity index is 364. The van der Waals surface area contributed by atoms with Crippen LogP contribution in [0.4, 0.5) is 0 Å². The molecule has 6 heteroatoms. The number of aliphatic imine (C=N–C) groups is 1. The first-order valence-electron chi connectivity index (χ1n) is 7.59. The maximum atomic E-state index is 11.6. The van der Waals surface area contributed by atoms with Crippen molar-refractivity contribution in [3.8, 4) is 0 Å². The quantitative estimate of drug-likeness (QED) is 0.478. The van der Waals surface area contributed by atoms with Crippen molar-refractivity contribution in [3.63, 3.8) is 0 Å². The van der Waals surface area contributed by atoms with Crippen LogP contribution in [0, 0.1) is 5.92 Å². The topological polar surface area (TPSA) is 53.9 Å². The van der Waals surface area contributed by atoms with Gasteiger partial charge in [0.2, 0.25) is 0 Å². The molecule has 0 aromatic carbocycles. The molecule has 1 fully saturated rings. The third-order valence-electron chi connectivity index (χ3n) is 3.83. The van der Waals surface area contributed by atoms with Crippen LogP contribution in [-0.4, -0.2) is 61.1 Å². The zero-order valence-corrected chi connectivity index (χ0v) is 14.8. The fourth-order valence-corrected chi connectivity index (χ4v) is 2.44. The van der Waals surface area contributed by atoms with Gasteiger partial charge in [-0.05, 0) is 39.9 Å². The van der Waals surface area contributed by atoms with E-state index in [0.29, 0.717) is 0 Å². The summed E-state index contributed by atoms with van der Waals surface area (Å²) < 4.78 is 4.98. The third-order valence-corrected chi connectivity index (χ3v) is 5.06. The number of hydrogen-bond donors (Lipinski definition) is 1.